The molecule has 11 heteroatoms. The number of aliphatic hydroxyl groups is 2. The first kappa shape index (κ1) is 22.7. The van der Waals surface area contributed by atoms with E-state index in [0.717, 1.165) is 6.07 Å². The molecule has 0 aromatic heterocycles. The molecule has 3 aliphatic carbocycles. The van der Waals surface area contributed by atoms with Gasteiger partial charge in [0.25, 0.3) is 5.91 Å². The predicted octanol–water partition coefficient (Wildman–Crippen LogP) is 2.55. The number of benzene rings is 1. The van der Waals surface area contributed by atoms with Gasteiger partial charge >= 0.3 is 6.18 Å². The van der Waals surface area contributed by atoms with Crippen molar-refractivity contribution in [3.8, 4) is 5.75 Å². The molecule has 4 rings (SSSR count). The molecule has 0 bridgehead atoms. The molecular formula is C22H21F3N2O6. The molecular weight excluding hydrogens is 445 g/mol. The van der Waals surface area contributed by atoms with Crippen molar-refractivity contribution in [3.63, 3.8) is 0 Å². The van der Waals surface area contributed by atoms with Crippen LogP contribution >= 0.6 is 0 Å². The monoisotopic (exact) mass is 466 g/mol. The van der Waals surface area contributed by atoms with Gasteiger partial charge < -0.3 is 26.0 Å². The third-order valence-corrected chi connectivity index (χ3v) is 6.65. The molecule has 8 nitrogen and oxygen atoms in total. The number of carbonyl (C=O) groups excluding carboxylic acids is 3. The summed E-state index contributed by atoms with van der Waals surface area (Å²) in [5.41, 5.74) is 2.60. The first-order valence-corrected chi connectivity index (χ1v) is 10.1. The lowest BCUT2D eigenvalue weighted by Gasteiger charge is -2.41. The van der Waals surface area contributed by atoms with Crippen LogP contribution in [-0.4, -0.2) is 46.9 Å². The molecule has 0 heterocycles. The maximum absolute atomic E-state index is 13.6. The second-order valence-corrected chi connectivity index (χ2v) is 8.79. The van der Waals surface area contributed by atoms with E-state index in [2.05, 4.69) is 0 Å². The Kier molecular flexibility index (Phi) is 4.99. The molecule has 0 radical (unpaired) electrons. The number of carbonyl (C=O) groups is 3. The van der Waals surface area contributed by atoms with Crippen LogP contribution in [0.3, 0.4) is 0 Å². The Balaban J connectivity index is 1.92. The van der Waals surface area contributed by atoms with Crippen LogP contribution in [0.5, 0.6) is 5.75 Å². The van der Waals surface area contributed by atoms with Gasteiger partial charge in [0.1, 0.15) is 28.4 Å². The van der Waals surface area contributed by atoms with Gasteiger partial charge in [-0.3, -0.25) is 14.4 Å². The standard InChI is InChI=1S/C22H21F3N2O6/c1-27(2)11-6-10(22(23,24)25)17(29)15-9(11)4-7-3-8-5-12(28)16(21(26)33)20(32)14(8)18(30)13(7)19(15)31/h6-8,14,28-30H,3-5H2,1-2H3,(H2,26,33)/t7-,8+,14?/m1/s1. The van der Waals surface area contributed by atoms with Crippen molar-refractivity contribution in [3.05, 3.63) is 45.4 Å². The van der Waals surface area contributed by atoms with Crippen molar-refractivity contribution < 1.29 is 42.9 Å². The Morgan fingerprint density at radius 3 is 2.33 bits per heavy atom. The molecule has 0 saturated carbocycles. The van der Waals surface area contributed by atoms with Gasteiger partial charge in [0.05, 0.1) is 11.5 Å². The van der Waals surface area contributed by atoms with Gasteiger partial charge in [-0.05, 0) is 36.3 Å². The number of alkyl halides is 3. The fourth-order valence-corrected chi connectivity index (χ4v) is 5.30. The predicted molar refractivity (Wildman–Crippen MR) is 109 cm³/mol. The van der Waals surface area contributed by atoms with E-state index >= 15 is 0 Å². The summed E-state index contributed by atoms with van der Waals surface area (Å²) in [7, 11) is 3.01. The lowest BCUT2D eigenvalue weighted by atomic mass is 9.62. The van der Waals surface area contributed by atoms with E-state index in [0.29, 0.717) is 0 Å². The summed E-state index contributed by atoms with van der Waals surface area (Å²) >= 11 is 0. The summed E-state index contributed by atoms with van der Waals surface area (Å²) in [6, 6.07) is 0.777. The van der Waals surface area contributed by atoms with Crippen LogP contribution in [-0.2, 0) is 22.2 Å². The summed E-state index contributed by atoms with van der Waals surface area (Å²) in [5, 5.41) is 31.5. The maximum atomic E-state index is 13.6. The number of ketones is 2. The normalized spacial score (nSPS) is 24.9. The number of aliphatic hydroxyl groups excluding tert-OH is 2. The van der Waals surface area contributed by atoms with Gasteiger partial charge in [0, 0.05) is 31.8 Å². The summed E-state index contributed by atoms with van der Waals surface area (Å²) in [6.45, 7) is 0. The van der Waals surface area contributed by atoms with Crippen LogP contribution < -0.4 is 10.6 Å². The Bertz CT molecular complexity index is 1180. The Labute approximate surface area is 185 Å². The van der Waals surface area contributed by atoms with Crippen molar-refractivity contribution in [1.29, 1.82) is 0 Å². The average molecular weight is 466 g/mol. The number of anilines is 1. The summed E-state index contributed by atoms with van der Waals surface area (Å²) in [5.74, 6) is -8.14. The number of nitrogens with zero attached hydrogens (tertiary/aromatic N) is 1. The number of primary amides is 1. The fraction of sp³-hybridized carbons (Fsp3) is 0.409. The van der Waals surface area contributed by atoms with Crippen LogP contribution in [0.4, 0.5) is 18.9 Å². The highest BCUT2D eigenvalue weighted by atomic mass is 19.4. The highest BCUT2D eigenvalue weighted by Gasteiger charge is 2.51. The topological polar surface area (TPSA) is 141 Å². The highest BCUT2D eigenvalue weighted by molar-refractivity contribution is 6.22. The first-order chi connectivity index (χ1) is 15.3. The maximum Gasteiger partial charge on any atom is 0.420 e. The summed E-state index contributed by atoms with van der Waals surface area (Å²) in [6.07, 6.45) is -4.87. The summed E-state index contributed by atoms with van der Waals surface area (Å²) in [4.78, 5) is 39.2. The van der Waals surface area contributed by atoms with E-state index in [9.17, 15) is 42.9 Å². The molecule has 1 aromatic rings. The van der Waals surface area contributed by atoms with Gasteiger partial charge in [0.15, 0.2) is 11.6 Å². The number of phenolic OH excluding ortho intramolecular Hbond substituents is 1. The average Bonchev–Trinajstić information content (AvgIpc) is 2.65. The number of phenols is 1. The largest absolute Gasteiger partial charge is 0.511 e. The minimum absolute atomic E-state index is 0.0320. The highest BCUT2D eigenvalue weighted by Crippen LogP contribution is 2.52. The van der Waals surface area contributed by atoms with Crippen molar-refractivity contribution in [2.75, 3.05) is 19.0 Å². The number of halogens is 3. The second-order valence-electron chi connectivity index (χ2n) is 8.79. The molecule has 0 spiro atoms. The van der Waals surface area contributed by atoms with Crippen molar-refractivity contribution in [1.82, 2.24) is 0 Å². The molecule has 33 heavy (non-hydrogen) atoms. The van der Waals surface area contributed by atoms with Gasteiger partial charge in [0.2, 0.25) is 0 Å². The fourth-order valence-electron chi connectivity index (χ4n) is 5.30. The van der Waals surface area contributed by atoms with E-state index in [1.54, 1.807) is 0 Å². The number of amides is 1. The Morgan fingerprint density at radius 2 is 1.79 bits per heavy atom. The molecule has 0 saturated heterocycles. The zero-order chi connectivity index (χ0) is 24.6. The molecule has 5 N–H and O–H groups in total. The number of nitrogens with two attached hydrogens (primary N) is 1. The van der Waals surface area contributed by atoms with E-state index in [1.807, 2.05) is 0 Å². The Morgan fingerprint density at radius 1 is 1.15 bits per heavy atom. The van der Waals surface area contributed by atoms with E-state index in [-0.39, 0.29) is 36.1 Å². The van der Waals surface area contributed by atoms with Gasteiger partial charge in [-0.25, -0.2) is 0 Å². The van der Waals surface area contributed by atoms with Gasteiger partial charge in [-0.15, -0.1) is 0 Å². The van der Waals surface area contributed by atoms with Gasteiger partial charge in [-0.1, -0.05) is 0 Å². The number of rotatable bonds is 2. The number of Topliss-reactive ketones (excluding diaryl/α,β-unsaturated/α-hetero) is 2. The number of hydrogen-bond donors (Lipinski definition) is 4. The molecule has 3 aliphatic rings. The van der Waals surface area contributed by atoms with Crippen LogP contribution in [0.2, 0.25) is 0 Å². The lowest BCUT2D eigenvalue weighted by molar-refractivity contribution is -0.138. The Hall–Kier alpha value is -3.50. The lowest BCUT2D eigenvalue weighted by Crippen LogP contribution is -2.43. The number of hydrogen-bond acceptors (Lipinski definition) is 7. The third-order valence-electron chi connectivity index (χ3n) is 6.65. The number of aromatic hydroxyl groups is 1. The minimum atomic E-state index is -4.94. The quantitative estimate of drug-likeness (QED) is 0.491. The van der Waals surface area contributed by atoms with E-state index in [4.69, 9.17) is 5.73 Å². The molecule has 1 aromatic carbocycles. The zero-order valence-electron chi connectivity index (χ0n) is 17.7. The SMILES string of the molecule is CN(C)c1cc(C(F)(F)F)c(O)c2c1C[C@H]1C[C@H]3CC(O)=C(C(N)=O)C(=O)C3C(O)=C1C2=O. The molecule has 3 atom stereocenters. The van der Waals surface area contributed by atoms with Crippen LogP contribution in [0.15, 0.2) is 28.7 Å². The van der Waals surface area contributed by atoms with E-state index < -0.39 is 75.4 Å². The smallest absolute Gasteiger partial charge is 0.420 e. The van der Waals surface area contributed by atoms with Crippen molar-refractivity contribution in [2.45, 2.75) is 25.4 Å². The first-order valence-electron chi connectivity index (χ1n) is 10.1. The molecule has 176 valence electrons. The number of fused-ring (bicyclic) bond motifs is 3. The molecule has 1 unspecified atom stereocenters. The molecule has 0 fully saturated rings. The minimum Gasteiger partial charge on any atom is -0.511 e. The number of allylic oxidation sites excluding steroid dienone is 3. The molecule has 0 aliphatic heterocycles. The van der Waals surface area contributed by atoms with Gasteiger partial charge in [-0.2, -0.15) is 13.2 Å². The van der Waals surface area contributed by atoms with Crippen LogP contribution in [0.1, 0.15) is 34.3 Å². The molecule has 1 amide bonds. The second kappa shape index (κ2) is 7.26. The van der Waals surface area contributed by atoms with Crippen LogP contribution in [0, 0.1) is 17.8 Å². The van der Waals surface area contributed by atoms with E-state index in [1.165, 1.54) is 19.0 Å². The zero-order valence-corrected chi connectivity index (χ0v) is 17.7. The van der Waals surface area contributed by atoms with Crippen molar-refractivity contribution in [2.24, 2.45) is 23.5 Å². The third kappa shape index (κ3) is 3.25. The summed E-state index contributed by atoms with van der Waals surface area (Å²) < 4.78 is 40.7. The van der Waals surface area contributed by atoms with Crippen LogP contribution in [0.25, 0.3) is 0 Å². The van der Waals surface area contributed by atoms with Crippen molar-refractivity contribution >= 4 is 23.2 Å².